The highest BCUT2D eigenvalue weighted by molar-refractivity contribution is 7.25. The van der Waals surface area contributed by atoms with E-state index in [9.17, 15) is 0 Å². The summed E-state index contributed by atoms with van der Waals surface area (Å²) >= 11 is 1.87. The molecule has 11 aromatic rings. The van der Waals surface area contributed by atoms with Crippen molar-refractivity contribution >= 4 is 76.0 Å². The average molecular weight is 851 g/mol. The maximum Gasteiger partial charge on any atom is 0.0555 e. The fourth-order valence-corrected chi connectivity index (χ4v) is 10.5. The van der Waals surface area contributed by atoms with Gasteiger partial charge in [-0.25, -0.2) is 0 Å². The molecular formula is C62H46N2S. The molecule has 2 aromatic heterocycles. The van der Waals surface area contributed by atoms with Crippen molar-refractivity contribution in [2.24, 2.45) is 0 Å². The van der Waals surface area contributed by atoms with Crippen molar-refractivity contribution in [2.45, 2.75) is 13.8 Å². The van der Waals surface area contributed by atoms with Gasteiger partial charge in [0.15, 0.2) is 0 Å². The molecule has 0 unspecified atom stereocenters. The molecule has 11 rings (SSSR count). The second-order valence-corrected chi connectivity index (χ2v) is 17.1. The monoisotopic (exact) mass is 850 g/mol. The zero-order chi connectivity index (χ0) is 44.3. The third kappa shape index (κ3) is 7.51. The quantitative estimate of drug-likeness (QED) is 0.104. The van der Waals surface area contributed by atoms with Gasteiger partial charge in [-0.15, -0.1) is 24.2 Å². The zero-order valence-electron chi connectivity index (χ0n) is 36.4. The molecule has 2 heterocycles. The largest absolute Gasteiger partial charge is 0.310 e. The molecule has 0 bridgehead atoms. The molecule has 0 spiro atoms. The Labute approximate surface area is 385 Å². The van der Waals surface area contributed by atoms with Crippen LogP contribution in [0.25, 0.3) is 86.6 Å². The van der Waals surface area contributed by atoms with Gasteiger partial charge in [-0.05, 0) is 137 Å². The maximum atomic E-state index is 4.00. The van der Waals surface area contributed by atoms with E-state index >= 15 is 0 Å². The molecular weight excluding hydrogens is 805 g/mol. The number of nitrogens with zero attached hydrogens (tertiary/aromatic N) is 2. The number of hydrogen-bond acceptors (Lipinski definition) is 2. The van der Waals surface area contributed by atoms with Crippen LogP contribution >= 0.6 is 11.3 Å². The molecule has 0 aliphatic carbocycles. The molecule has 0 N–H and O–H groups in total. The highest BCUT2D eigenvalue weighted by Crippen LogP contribution is 2.44. The van der Waals surface area contributed by atoms with Crippen molar-refractivity contribution in [3.8, 4) is 51.9 Å². The highest BCUT2D eigenvalue weighted by atomic mass is 32.1. The van der Waals surface area contributed by atoms with E-state index < -0.39 is 0 Å². The van der Waals surface area contributed by atoms with E-state index in [0.29, 0.717) is 0 Å². The molecule has 0 fully saturated rings. The van der Waals surface area contributed by atoms with E-state index in [0.717, 1.165) is 22.6 Å². The van der Waals surface area contributed by atoms with Gasteiger partial charge in [-0.1, -0.05) is 152 Å². The van der Waals surface area contributed by atoms with Gasteiger partial charge in [0.25, 0.3) is 0 Å². The lowest BCUT2D eigenvalue weighted by molar-refractivity contribution is 1.20. The average Bonchev–Trinajstić information content (AvgIpc) is 3.93. The Morgan fingerprint density at radius 1 is 0.462 bits per heavy atom. The van der Waals surface area contributed by atoms with Gasteiger partial charge in [0.2, 0.25) is 0 Å². The first-order valence-electron chi connectivity index (χ1n) is 22.0. The van der Waals surface area contributed by atoms with Crippen LogP contribution in [-0.4, -0.2) is 4.57 Å². The SMILES string of the molecule is C#C.C/C=C\C(=C/C)c1cccc(-c2ccc(N(c3ccccc3)c3cccc(-c4ccccc4-c4ccc5c(c4)c4ccccc4n5-c4cccc5sc6ccccc6c45)c3)cc2)c1. The maximum absolute atomic E-state index is 4.00. The van der Waals surface area contributed by atoms with Gasteiger partial charge in [0.05, 0.1) is 16.7 Å². The third-order valence-electron chi connectivity index (χ3n) is 12.3. The normalized spacial score (nSPS) is 11.7. The minimum Gasteiger partial charge on any atom is -0.310 e. The molecule has 65 heavy (non-hydrogen) atoms. The summed E-state index contributed by atoms with van der Waals surface area (Å²) in [5, 5.41) is 5.11. The van der Waals surface area contributed by atoms with Crippen molar-refractivity contribution in [3.05, 3.63) is 236 Å². The molecule has 0 saturated carbocycles. The molecule has 9 aromatic carbocycles. The summed E-state index contributed by atoms with van der Waals surface area (Å²) in [6.07, 6.45) is 14.4. The first kappa shape index (κ1) is 40.9. The summed E-state index contributed by atoms with van der Waals surface area (Å²) in [6, 6.07) is 77.7. The summed E-state index contributed by atoms with van der Waals surface area (Å²) in [5.74, 6) is 0. The van der Waals surface area contributed by atoms with Crippen molar-refractivity contribution in [3.63, 3.8) is 0 Å². The second-order valence-electron chi connectivity index (χ2n) is 16.0. The number of para-hydroxylation sites is 2. The number of hydrogen-bond donors (Lipinski definition) is 0. The van der Waals surface area contributed by atoms with Gasteiger partial charge in [-0.2, -0.15) is 0 Å². The first-order chi connectivity index (χ1) is 32.2. The Hall–Kier alpha value is -8.16. The van der Waals surface area contributed by atoms with Gasteiger partial charge >= 0.3 is 0 Å². The van der Waals surface area contributed by atoms with Crippen LogP contribution in [0.5, 0.6) is 0 Å². The van der Waals surface area contributed by atoms with Crippen LogP contribution in [0.1, 0.15) is 19.4 Å². The fraction of sp³-hybridized carbons (Fsp3) is 0.0323. The van der Waals surface area contributed by atoms with Crippen LogP contribution in [-0.2, 0) is 0 Å². The number of thiophene rings is 1. The number of allylic oxidation sites excluding steroid dienone is 4. The molecule has 0 atom stereocenters. The first-order valence-corrected chi connectivity index (χ1v) is 22.8. The van der Waals surface area contributed by atoms with E-state index in [2.05, 4.69) is 267 Å². The van der Waals surface area contributed by atoms with Crippen LogP contribution in [0.2, 0.25) is 0 Å². The summed E-state index contributed by atoms with van der Waals surface area (Å²) in [5.41, 5.74) is 16.5. The van der Waals surface area contributed by atoms with Gasteiger partial charge in [0.1, 0.15) is 0 Å². The number of anilines is 3. The standard InChI is InChI=1S/C60H44N2S.C2H2/c1-3-17-41(4-2)43-18-14-19-44(38-43)42-32-35-48(36-33-42)61(47-21-6-5-7-22-47)49-23-15-20-45(39-49)50-24-8-9-25-51(50)46-34-37-56-54(40-46)52-26-10-12-28-55(52)62(56)57-29-16-31-59-60(57)53-27-11-13-30-58(53)63-59;1-2/h3-40H,1-2H3;1-2H/b17-3-,41-4+;. The van der Waals surface area contributed by atoms with Crippen molar-refractivity contribution in [1.29, 1.82) is 0 Å². The summed E-state index contributed by atoms with van der Waals surface area (Å²) in [4.78, 5) is 2.36. The molecule has 0 aliphatic rings. The Bertz CT molecular complexity index is 3580. The number of fused-ring (bicyclic) bond motifs is 6. The van der Waals surface area contributed by atoms with E-state index in [1.54, 1.807) is 0 Å². The van der Waals surface area contributed by atoms with Crippen molar-refractivity contribution in [2.75, 3.05) is 4.90 Å². The van der Waals surface area contributed by atoms with E-state index in [1.165, 1.54) is 86.6 Å². The number of benzene rings is 9. The van der Waals surface area contributed by atoms with E-state index in [4.69, 9.17) is 0 Å². The molecule has 2 nitrogen and oxygen atoms in total. The number of rotatable bonds is 9. The van der Waals surface area contributed by atoms with E-state index in [-0.39, 0.29) is 0 Å². The van der Waals surface area contributed by atoms with Gasteiger partial charge in [0, 0.05) is 48.0 Å². The van der Waals surface area contributed by atoms with Crippen LogP contribution < -0.4 is 4.90 Å². The Balaban J connectivity index is 0.00000246. The summed E-state index contributed by atoms with van der Waals surface area (Å²) in [6.45, 7) is 4.16. The fourth-order valence-electron chi connectivity index (χ4n) is 9.39. The van der Waals surface area contributed by atoms with Gasteiger partial charge < -0.3 is 9.47 Å². The van der Waals surface area contributed by atoms with Crippen LogP contribution in [0, 0.1) is 12.8 Å². The molecule has 0 radical (unpaired) electrons. The van der Waals surface area contributed by atoms with Crippen LogP contribution in [0.4, 0.5) is 17.1 Å². The summed E-state index contributed by atoms with van der Waals surface area (Å²) < 4.78 is 5.09. The lowest BCUT2D eigenvalue weighted by atomic mass is 9.93. The van der Waals surface area contributed by atoms with Crippen LogP contribution in [0.15, 0.2) is 231 Å². The minimum absolute atomic E-state index is 1.10. The van der Waals surface area contributed by atoms with Crippen molar-refractivity contribution in [1.82, 2.24) is 4.57 Å². The highest BCUT2D eigenvalue weighted by Gasteiger charge is 2.19. The molecule has 0 aliphatic heterocycles. The Morgan fingerprint density at radius 2 is 1.06 bits per heavy atom. The predicted octanol–water partition coefficient (Wildman–Crippen LogP) is 17.9. The topological polar surface area (TPSA) is 8.17 Å². The Morgan fingerprint density at radius 3 is 1.85 bits per heavy atom. The third-order valence-corrected chi connectivity index (χ3v) is 13.4. The molecule has 310 valence electrons. The van der Waals surface area contributed by atoms with Gasteiger partial charge in [-0.3, -0.25) is 0 Å². The molecule has 0 amide bonds. The lowest BCUT2D eigenvalue weighted by Gasteiger charge is -2.26. The molecule has 0 saturated heterocycles. The van der Waals surface area contributed by atoms with E-state index in [1.807, 2.05) is 11.3 Å². The van der Waals surface area contributed by atoms with Crippen molar-refractivity contribution < 1.29 is 0 Å². The molecule has 3 heteroatoms. The second kappa shape index (κ2) is 17.9. The minimum atomic E-state index is 1.10. The summed E-state index contributed by atoms with van der Waals surface area (Å²) in [7, 11) is 0. The predicted molar refractivity (Wildman–Crippen MR) is 283 cm³/mol. The lowest BCUT2D eigenvalue weighted by Crippen LogP contribution is -2.09. The Kier molecular flexibility index (Phi) is 11.3. The number of aromatic nitrogens is 1. The zero-order valence-corrected chi connectivity index (χ0v) is 37.2. The van der Waals surface area contributed by atoms with Crippen LogP contribution in [0.3, 0.4) is 0 Å². The number of terminal acetylenes is 1. The smallest absolute Gasteiger partial charge is 0.0555 e.